The van der Waals surface area contributed by atoms with Crippen LogP contribution in [0.2, 0.25) is 10.0 Å². The maximum absolute atomic E-state index is 13.3. The van der Waals surface area contributed by atoms with Crippen LogP contribution in [0.5, 0.6) is 0 Å². The number of rotatable bonds is 10. The van der Waals surface area contributed by atoms with Crippen molar-refractivity contribution in [1.29, 1.82) is 0 Å². The minimum atomic E-state index is -0.548. The van der Waals surface area contributed by atoms with Crippen molar-refractivity contribution in [2.45, 2.75) is 59.0 Å². The van der Waals surface area contributed by atoms with E-state index in [1.54, 1.807) is 17.0 Å². The Kier molecular flexibility index (Phi) is 9.67. The average Bonchev–Trinajstić information content (AvgIpc) is 2.70. The molecule has 1 atom stereocenters. The highest BCUT2D eigenvalue weighted by Gasteiger charge is 2.28. The van der Waals surface area contributed by atoms with Crippen molar-refractivity contribution in [3.63, 3.8) is 0 Å². The lowest BCUT2D eigenvalue weighted by Crippen LogP contribution is -2.49. The third-order valence-corrected chi connectivity index (χ3v) is 5.73. The van der Waals surface area contributed by atoms with E-state index >= 15 is 0 Å². The number of halogens is 2. The maximum atomic E-state index is 13.3. The van der Waals surface area contributed by atoms with E-state index in [0.29, 0.717) is 29.6 Å². The number of aryl methyl sites for hydroxylation is 1. The highest BCUT2D eigenvalue weighted by molar-refractivity contribution is 6.42. The summed E-state index contributed by atoms with van der Waals surface area (Å²) in [6.45, 7) is 6.90. The second-order valence-electron chi connectivity index (χ2n) is 7.50. The zero-order valence-electron chi connectivity index (χ0n) is 17.9. The number of amides is 2. The first-order valence-electron chi connectivity index (χ1n) is 10.4. The predicted octanol–water partition coefficient (Wildman–Crippen LogP) is 5.57. The van der Waals surface area contributed by atoms with Crippen LogP contribution in [0.15, 0.2) is 42.5 Å². The topological polar surface area (TPSA) is 49.4 Å². The van der Waals surface area contributed by atoms with Crippen molar-refractivity contribution in [2.75, 3.05) is 6.54 Å². The smallest absolute Gasteiger partial charge is 0.242 e. The van der Waals surface area contributed by atoms with Crippen molar-refractivity contribution in [1.82, 2.24) is 10.2 Å². The molecule has 0 saturated heterocycles. The Bertz CT molecular complexity index is 870. The Morgan fingerprint density at radius 1 is 1.03 bits per heavy atom. The van der Waals surface area contributed by atoms with E-state index in [4.69, 9.17) is 23.2 Å². The standard InChI is InChI=1S/C24H30Cl2N2O2/c1-4-6-12-27-24(30)22(5-2)28(16-19-10-11-20(25)21(26)14-19)23(29)15-18-9-7-8-17(3)13-18/h7-11,13-14,22H,4-6,12,15-16H2,1-3H3,(H,27,30)/t22-/m1/s1. The largest absolute Gasteiger partial charge is 0.354 e. The molecule has 0 fully saturated rings. The van der Waals surface area contributed by atoms with Gasteiger partial charge in [-0.2, -0.15) is 0 Å². The summed E-state index contributed by atoms with van der Waals surface area (Å²) in [7, 11) is 0. The maximum Gasteiger partial charge on any atom is 0.242 e. The van der Waals surface area contributed by atoms with Crippen LogP contribution in [0.4, 0.5) is 0 Å². The highest BCUT2D eigenvalue weighted by Crippen LogP contribution is 2.24. The first-order chi connectivity index (χ1) is 14.3. The molecule has 162 valence electrons. The normalized spacial score (nSPS) is 11.8. The molecule has 2 aromatic rings. The van der Waals surface area contributed by atoms with Gasteiger partial charge in [-0.05, 0) is 43.0 Å². The van der Waals surface area contributed by atoms with Crippen LogP contribution in [-0.2, 0) is 22.6 Å². The molecule has 2 amide bonds. The summed E-state index contributed by atoms with van der Waals surface area (Å²) in [6, 6.07) is 12.6. The number of unbranched alkanes of at least 4 members (excludes halogenated alkanes) is 1. The Balaban J connectivity index is 2.28. The van der Waals surface area contributed by atoms with Gasteiger partial charge in [-0.3, -0.25) is 9.59 Å². The molecule has 0 aliphatic heterocycles. The van der Waals surface area contributed by atoms with Crippen molar-refractivity contribution in [3.8, 4) is 0 Å². The molecule has 6 heteroatoms. The summed E-state index contributed by atoms with van der Waals surface area (Å²) in [6.07, 6.45) is 2.67. The molecule has 0 aromatic heterocycles. The van der Waals surface area contributed by atoms with Crippen molar-refractivity contribution in [3.05, 3.63) is 69.2 Å². The molecule has 1 N–H and O–H groups in total. The van der Waals surface area contributed by atoms with Gasteiger partial charge in [0, 0.05) is 13.1 Å². The number of nitrogens with zero attached hydrogens (tertiary/aromatic N) is 1. The second kappa shape index (κ2) is 12.0. The molecule has 0 aliphatic carbocycles. The van der Waals surface area contributed by atoms with Gasteiger partial charge in [0.2, 0.25) is 11.8 Å². The lowest BCUT2D eigenvalue weighted by Gasteiger charge is -2.31. The van der Waals surface area contributed by atoms with Crippen LogP contribution in [0, 0.1) is 6.92 Å². The summed E-state index contributed by atoms with van der Waals surface area (Å²) in [5.41, 5.74) is 2.86. The van der Waals surface area contributed by atoms with E-state index in [-0.39, 0.29) is 18.2 Å². The van der Waals surface area contributed by atoms with E-state index in [1.807, 2.05) is 44.2 Å². The molecule has 30 heavy (non-hydrogen) atoms. The van der Waals surface area contributed by atoms with E-state index in [2.05, 4.69) is 12.2 Å². The summed E-state index contributed by atoms with van der Waals surface area (Å²) < 4.78 is 0. The zero-order chi connectivity index (χ0) is 22.1. The van der Waals surface area contributed by atoms with Crippen molar-refractivity contribution < 1.29 is 9.59 Å². The molecule has 0 unspecified atom stereocenters. The molecular weight excluding hydrogens is 419 g/mol. The quantitative estimate of drug-likeness (QED) is 0.483. The van der Waals surface area contributed by atoms with Crippen LogP contribution < -0.4 is 5.32 Å². The average molecular weight is 449 g/mol. The van der Waals surface area contributed by atoms with Gasteiger partial charge >= 0.3 is 0 Å². The molecule has 0 bridgehead atoms. The van der Waals surface area contributed by atoms with Gasteiger partial charge in [0.25, 0.3) is 0 Å². The van der Waals surface area contributed by atoms with Gasteiger partial charge in [0.15, 0.2) is 0 Å². The Morgan fingerprint density at radius 3 is 2.43 bits per heavy atom. The molecular formula is C24H30Cl2N2O2. The fourth-order valence-corrected chi connectivity index (χ4v) is 3.68. The molecule has 0 radical (unpaired) electrons. The number of carbonyl (C=O) groups is 2. The van der Waals surface area contributed by atoms with E-state index < -0.39 is 6.04 Å². The Hall–Kier alpha value is -2.04. The van der Waals surface area contributed by atoms with E-state index in [1.165, 1.54) is 0 Å². The third-order valence-electron chi connectivity index (χ3n) is 4.99. The molecule has 0 spiro atoms. The van der Waals surface area contributed by atoms with Crippen LogP contribution in [0.3, 0.4) is 0 Å². The second-order valence-corrected chi connectivity index (χ2v) is 8.32. The SMILES string of the molecule is CCCCNC(=O)[C@@H](CC)N(Cc1ccc(Cl)c(Cl)c1)C(=O)Cc1cccc(C)c1. The van der Waals surface area contributed by atoms with Gasteiger partial charge in [-0.1, -0.05) is 79.4 Å². The molecule has 0 aliphatic rings. The fourth-order valence-electron chi connectivity index (χ4n) is 3.36. The molecule has 0 saturated carbocycles. The van der Waals surface area contributed by atoms with E-state index in [9.17, 15) is 9.59 Å². The van der Waals surface area contributed by atoms with Crippen molar-refractivity contribution >= 4 is 35.0 Å². The van der Waals surface area contributed by atoms with Gasteiger partial charge < -0.3 is 10.2 Å². The zero-order valence-corrected chi connectivity index (χ0v) is 19.4. The van der Waals surface area contributed by atoms with Crippen LogP contribution in [0.1, 0.15) is 49.8 Å². The monoisotopic (exact) mass is 448 g/mol. The third kappa shape index (κ3) is 7.03. The Morgan fingerprint density at radius 2 is 1.80 bits per heavy atom. The first-order valence-corrected chi connectivity index (χ1v) is 11.2. The highest BCUT2D eigenvalue weighted by atomic mass is 35.5. The van der Waals surface area contributed by atoms with Gasteiger partial charge in [-0.25, -0.2) is 0 Å². The Labute approximate surface area is 189 Å². The minimum Gasteiger partial charge on any atom is -0.354 e. The number of hydrogen-bond donors (Lipinski definition) is 1. The predicted molar refractivity (Wildman–Crippen MR) is 124 cm³/mol. The van der Waals surface area contributed by atoms with Crippen LogP contribution >= 0.6 is 23.2 Å². The first kappa shape index (κ1) is 24.2. The van der Waals surface area contributed by atoms with E-state index in [0.717, 1.165) is 29.5 Å². The van der Waals surface area contributed by atoms with Crippen LogP contribution in [0.25, 0.3) is 0 Å². The summed E-state index contributed by atoms with van der Waals surface area (Å²) in [5, 5.41) is 3.86. The molecule has 4 nitrogen and oxygen atoms in total. The molecule has 0 heterocycles. The molecule has 2 rings (SSSR count). The van der Waals surface area contributed by atoms with Gasteiger partial charge in [-0.15, -0.1) is 0 Å². The summed E-state index contributed by atoms with van der Waals surface area (Å²) in [5.74, 6) is -0.215. The van der Waals surface area contributed by atoms with Crippen LogP contribution in [-0.4, -0.2) is 29.3 Å². The number of benzene rings is 2. The number of nitrogens with one attached hydrogen (secondary N) is 1. The summed E-state index contributed by atoms with van der Waals surface area (Å²) >= 11 is 12.2. The van der Waals surface area contributed by atoms with Crippen molar-refractivity contribution in [2.24, 2.45) is 0 Å². The number of carbonyl (C=O) groups excluding carboxylic acids is 2. The lowest BCUT2D eigenvalue weighted by atomic mass is 10.1. The van der Waals surface area contributed by atoms with Gasteiger partial charge in [0.1, 0.15) is 6.04 Å². The van der Waals surface area contributed by atoms with Gasteiger partial charge in [0.05, 0.1) is 16.5 Å². The molecule has 2 aromatic carbocycles. The fraction of sp³-hybridized carbons (Fsp3) is 0.417. The summed E-state index contributed by atoms with van der Waals surface area (Å²) in [4.78, 5) is 27.8. The minimum absolute atomic E-state index is 0.0934. The number of hydrogen-bond acceptors (Lipinski definition) is 2. The lowest BCUT2D eigenvalue weighted by molar-refractivity contribution is -0.140.